The molecule has 0 radical (unpaired) electrons. The van der Waals surface area contributed by atoms with Crippen molar-refractivity contribution in [3.05, 3.63) is 23.4 Å². The molecule has 0 aliphatic carbocycles. The summed E-state index contributed by atoms with van der Waals surface area (Å²) < 4.78 is 0. The number of pyridine rings is 1. The van der Waals surface area contributed by atoms with Gasteiger partial charge in [-0.05, 0) is 37.1 Å². The van der Waals surface area contributed by atoms with Gasteiger partial charge in [0.2, 0.25) is 0 Å². The highest BCUT2D eigenvalue weighted by Gasteiger charge is 2.00. The Morgan fingerprint density at radius 3 is 2.67 bits per heavy atom. The molecule has 2 N–H and O–H groups in total. The molecule has 3 heteroatoms. The normalized spacial score (nSPS) is 10.3. The highest BCUT2D eigenvalue weighted by Crippen LogP contribution is 2.10. The van der Waals surface area contributed by atoms with Crippen molar-refractivity contribution in [3.63, 3.8) is 0 Å². The molecular formula is C12H21N3. The molecule has 1 rings (SSSR count). The van der Waals surface area contributed by atoms with Crippen LogP contribution in [0.4, 0.5) is 5.82 Å². The van der Waals surface area contributed by atoms with Gasteiger partial charge >= 0.3 is 0 Å². The Hall–Kier alpha value is -1.09. The molecule has 0 atom stereocenters. The average molecular weight is 207 g/mol. The molecule has 3 nitrogen and oxygen atoms in total. The van der Waals surface area contributed by atoms with Crippen molar-refractivity contribution in [3.8, 4) is 0 Å². The quantitative estimate of drug-likeness (QED) is 0.702. The fourth-order valence-electron chi connectivity index (χ4n) is 1.47. The van der Waals surface area contributed by atoms with E-state index in [4.69, 9.17) is 0 Å². The van der Waals surface area contributed by atoms with Crippen LogP contribution in [0.1, 0.15) is 31.5 Å². The number of nitrogens with zero attached hydrogens (tertiary/aromatic N) is 1. The molecule has 0 unspecified atom stereocenters. The van der Waals surface area contributed by atoms with Crippen LogP contribution in [0.3, 0.4) is 0 Å². The predicted molar refractivity (Wildman–Crippen MR) is 65.2 cm³/mol. The Morgan fingerprint density at radius 2 is 2.07 bits per heavy atom. The van der Waals surface area contributed by atoms with E-state index in [-0.39, 0.29) is 0 Å². The summed E-state index contributed by atoms with van der Waals surface area (Å²) in [6.45, 7) is 6.30. The maximum atomic E-state index is 4.46. The standard InChI is InChI=1S/C12H21N3/c1-4-6-14-9-10-7-11(5-2)15-12(8-10)13-3/h7-8,14H,4-6,9H2,1-3H3,(H,13,15). The minimum atomic E-state index is 0.929. The second-order valence-electron chi connectivity index (χ2n) is 3.63. The van der Waals surface area contributed by atoms with Crippen molar-refractivity contribution in [2.45, 2.75) is 33.2 Å². The molecule has 1 aromatic rings. The first-order valence-corrected chi connectivity index (χ1v) is 5.68. The molecule has 84 valence electrons. The molecule has 1 heterocycles. The zero-order valence-electron chi connectivity index (χ0n) is 9.93. The SMILES string of the molecule is CCCNCc1cc(CC)nc(NC)c1. The van der Waals surface area contributed by atoms with Crippen LogP contribution >= 0.6 is 0 Å². The van der Waals surface area contributed by atoms with E-state index >= 15 is 0 Å². The molecule has 0 fully saturated rings. The van der Waals surface area contributed by atoms with Crippen LogP contribution < -0.4 is 10.6 Å². The lowest BCUT2D eigenvalue weighted by Crippen LogP contribution is -2.14. The number of aryl methyl sites for hydroxylation is 1. The van der Waals surface area contributed by atoms with E-state index in [0.29, 0.717) is 0 Å². The molecule has 0 bridgehead atoms. The Kier molecular flexibility index (Phi) is 5.12. The largest absolute Gasteiger partial charge is 0.373 e. The summed E-state index contributed by atoms with van der Waals surface area (Å²) in [5.41, 5.74) is 2.45. The second-order valence-corrected chi connectivity index (χ2v) is 3.63. The van der Waals surface area contributed by atoms with Crippen molar-refractivity contribution in [2.75, 3.05) is 18.9 Å². The first-order chi connectivity index (χ1) is 7.30. The van der Waals surface area contributed by atoms with Crippen LogP contribution in [0.15, 0.2) is 12.1 Å². The summed E-state index contributed by atoms with van der Waals surface area (Å²) >= 11 is 0. The zero-order valence-corrected chi connectivity index (χ0v) is 9.93. The number of hydrogen-bond acceptors (Lipinski definition) is 3. The van der Waals surface area contributed by atoms with E-state index in [1.165, 1.54) is 12.0 Å². The van der Waals surface area contributed by atoms with Gasteiger partial charge in [0.15, 0.2) is 0 Å². The van der Waals surface area contributed by atoms with Crippen LogP contribution in [0, 0.1) is 0 Å². The number of hydrogen-bond donors (Lipinski definition) is 2. The number of rotatable bonds is 6. The molecule has 0 aromatic carbocycles. The molecule has 1 aromatic heterocycles. The molecule has 0 aliphatic rings. The van der Waals surface area contributed by atoms with Crippen LogP contribution in [0.5, 0.6) is 0 Å². The van der Waals surface area contributed by atoms with Crippen molar-refractivity contribution >= 4 is 5.82 Å². The smallest absolute Gasteiger partial charge is 0.126 e. The van der Waals surface area contributed by atoms with Crippen LogP contribution in [-0.4, -0.2) is 18.6 Å². The Labute approximate surface area is 92.3 Å². The van der Waals surface area contributed by atoms with Gasteiger partial charge in [0.25, 0.3) is 0 Å². The van der Waals surface area contributed by atoms with E-state index in [1.54, 1.807) is 0 Å². The Bertz CT molecular complexity index is 275. The molecule has 15 heavy (non-hydrogen) atoms. The first kappa shape index (κ1) is 12.0. The highest BCUT2D eigenvalue weighted by atomic mass is 15.0. The van der Waals surface area contributed by atoms with E-state index < -0.39 is 0 Å². The number of nitrogens with one attached hydrogen (secondary N) is 2. The first-order valence-electron chi connectivity index (χ1n) is 5.68. The number of aromatic nitrogens is 1. The molecule has 0 aliphatic heterocycles. The maximum Gasteiger partial charge on any atom is 0.126 e. The zero-order chi connectivity index (χ0) is 11.1. The van der Waals surface area contributed by atoms with Crippen molar-refractivity contribution in [2.24, 2.45) is 0 Å². The third kappa shape index (κ3) is 3.88. The molecule has 0 saturated carbocycles. The van der Waals surface area contributed by atoms with E-state index in [9.17, 15) is 0 Å². The Morgan fingerprint density at radius 1 is 1.27 bits per heavy atom. The van der Waals surface area contributed by atoms with Gasteiger partial charge < -0.3 is 10.6 Å². The minimum Gasteiger partial charge on any atom is -0.373 e. The number of anilines is 1. The third-order valence-electron chi connectivity index (χ3n) is 2.31. The summed E-state index contributed by atoms with van der Waals surface area (Å²) in [7, 11) is 1.91. The Balaban J connectivity index is 2.68. The van der Waals surface area contributed by atoms with E-state index in [2.05, 4.69) is 41.6 Å². The van der Waals surface area contributed by atoms with Gasteiger partial charge in [-0.15, -0.1) is 0 Å². The van der Waals surface area contributed by atoms with Gasteiger partial charge in [0.1, 0.15) is 5.82 Å². The third-order valence-corrected chi connectivity index (χ3v) is 2.31. The van der Waals surface area contributed by atoms with Gasteiger partial charge in [0, 0.05) is 19.3 Å². The summed E-state index contributed by atoms with van der Waals surface area (Å²) in [4.78, 5) is 4.46. The fourth-order valence-corrected chi connectivity index (χ4v) is 1.47. The fraction of sp³-hybridized carbons (Fsp3) is 0.583. The van der Waals surface area contributed by atoms with Gasteiger partial charge in [-0.25, -0.2) is 4.98 Å². The van der Waals surface area contributed by atoms with Gasteiger partial charge in [-0.2, -0.15) is 0 Å². The molecule has 0 spiro atoms. The maximum absolute atomic E-state index is 4.46. The average Bonchev–Trinajstić information content (AvgIpc) is 2.29. The lowest BCUT2D eigenvalue weighted by Gasteiger charge is -2.08. The monoisotopic (exact) mass is 207 g/mol. The second kappa shape index (κ2) is 6.40. The van der Waals surface area contributed by atoms with Crippen molar-refractivity contribution in [1.29, 1.82) is 0 Å². The predicted octanol–water partition coefficient (Wildman–Crippen LogP) is 2.19. The van der Waals surface area contributed by atoms with Crippen LogP contribution in [0.25, 0.3) is 0 Å². The summed E-state index contributed by atoms with van der Waals surface area (Å²) in [5, 5.41) is 6.49. The van der Waals surface area contributed by atoms with Gasteiger partial charge in [-0.3, -0.25) is 0 Å². The lowest BCUT2D eigenvalue weighted by molar-refractivity contribution is 0.674. The topological polar surface area (TPSA) is 37.0 Å². The summed E-state index contributed by atoms with van der Waals surface area (Å²) in [6, 6.07) is 4.27. The van der Waals surface area contributed by atoms with Crippen LogP contribution in [0.2, 0.25) is 0 Å². The summed E-state index contributed by atoms with van der Waals surface area (Å²) in [5.74, 6) is 0.961. The molecule has 0 amide bonds. The van der Waals surface area contributed by atoms with Gasteiger partial charge in [-0.1, -0.05) is 13.8 Å². The van der Waals surface area contributed by atoms with E-state index in [1.807, 2.05) is 7.05 Å². The summed E-state index contributed by atoms with van der Waals surface area (Å²) in [6.07, 6.45) is 2.15. The lowest BCUT2D eigenvalue weighted by atomic mass is 10.2. The van der Waals surface area contributed by atoms with Crippen LogP contribution in [-0.2, 0) is 13.0 Å². The highest BCUT2D eigenvalue weighted by molar-refractivity contribution is 5.39. The van der Waals surface area contributed by atoms with Gasteiger partial charge in [0.05, 0.1) is 0 Å². The van der Waals surface area contributed by atoms with Crippen molar-refractivity contribution < 1.29 is 0 Å². The van der Waals surface area contributed by atoms with Crippen molar-refractivity contribution in [1.82, 2.24) is 10.3 Å². The molecule has 0 saturated heterocycles. The minimum absolute atomic E-state index is 0.929. The van der Waals surface area contributed by atoms with E-state index in [0.717, 1.165) is 31.0 Å². The molecular weight excluding hydrogens is 186 g/mol.